The highest BCUT2D eigenvalue weighted by atomic mass is 16.5. The fourth-order valence-corrected chi connectivity index (χ4v) is 2.08. The molecule has 7 nitrogen and oxygen atoms in total. The zero-order valence-electron chi connectivity index (χ0n) is 12.7. The molecule has 0 radical (unpaired) electrons. The number of ketones is 2. The van der Waals surface area contributed by atoms with Gasteiger partial charge in [0.15, 0.2) is 5.78 Å². The number of rotatable bonds is 7. The lowest BCUT2D eigenvalue weighted by Gasteiger charge is -2.07. The number of H-pyrrole nitrogens is 1. The fourth-order valence-electron chi connectivity index (χ4n) is 2.08. The second-order valence-electron chi connectivity index (χ2n) is 5.06. The molecule has 1 heterocycles. The number of tetrazole rings is 1. The van der Waals surface area contributed by atoms with Gasteiger partial charge in [0.25, 0.3) is 0 Å². The predicted octanol–water partition coefficient (Wildman–Crippen LogP) is 2.23. The standard InChI is InChI=1S/C17H14N4O3/c22-15(10-16(23)17-18-20-21-19-17)13-6-8-14(9-7-13)24-11-12-4-2-1-3-5-12/h1-9H,10-11H2,(H,18,19,20,21). The molecule has 1 N–H and O–H groups in total. The van der Waals surface area contributed by atoms with E-state index in [4.69, 9.17) is 4.74 Å². The van der Waals surface area contributed by atoms with E-state index in [1.807, 2.05) is 30.3 Å². The van der Waals surface area contributed by atoms with Crippen molar-refractivity contribution in [3.8, 4) is 5.75 Å². The SMILES string of the molecule is O=C(CC(=O)c1nn[nH]n1)c1ccc(OCc2ccccc2)cc1. The van der Waals surface area contributed by atoms with Gasteiger partial charge in [0.05, 0.1) is 6.42 Å². The van der Waals surface area contributed by atoms with Crippen LogP contribution in [-0.2, 0) is 6.61 Å². The van der Waals surface area contributed by atoms with Crippen LogP contribution in [0.3, 0.4) is 0 Å². The van der Waals surface area contributed by atoms with E-state index in [2.05, 4.69) is 20.6 Å². The number of nitrogens with zero attached hydrogens (tertiary/aromatic N) is 3. The van der Waals surface area contributed by atoms with Crippen LogP contribution in [0.4, 0.5) is 0 Å². The Bertz CT molecular complexity index is 815. The van der Waals surface area contributed by atoms with Gasteiger partial charge >= 0.3 is 0 Å². The van der Waals surface area contributed by atoms with Gasteiger partial charge in [-0.3, -0.25) is 9.59 Å². The average molecular weight is 322 g/mol. The first kappa shape index (κ1) is 15.5. The number of hydrogen-bond acceptors (Lipinski definition) is 6. The Morgan fingerprint density at radius 1 is 0.958 bits per heavy atom. The topological polar surface area (TPSA) is 97.8 Å². The molecule has 0 saturated carbocycles. The Hall–Kier alpha value is -3.35. The van der Waals surface area contributed by atoms with Gasteiger partial charge in [-0.1, -0.05) is 30.3 Å². The number of Topliss-reactive ketones (excluding diaryl/α,β-unsaturated/α-hetero) is 2. The van der Waals surface area contributed by atoms with Crippen molar-refractivity contribution in [3.05, 3.63) is 71.5 Å². The van der Waals surface area contributed by atoms with E-state index < -0.39 is 5.78 Å². The lowest BCUT2D eigenvalue weighted by atomic mass is 10.1. The maximum atomic E-state index is 12.1. The van der Waals surface area contributed by atoms with Crippen LogP contribution in [0.2, 0.25) is 0 Å². The molecule has 0 spiro atoms. The molecule has 7 heteroatoms. The lowest BCUT2D eigenvalue weighted by molar-refractivity contribution is 0.0888. The van der Waals surface area contributed by atoms with Crippen LogP contribution in [0.25, 0.3) is 0 Å². The molecule has 3 aromatic rings. The molecule has 0 fully saturated rings. The van der Waals surface area contributed by atoms with E-state index in [0.717, 1.165) is 5.56 Å². The second-order valence-corrected chi connectivity index (χ2v) is 5.06. The minimum Gasteiger partial charge on any atom is -0.489 e. The highest BCUT2D eigenvalue weighted by Gasteiger charge is 2.17. The quantitative estimate of drug-likeness (QED) is 0.529. The third-order valence-corrected chi connectivity index (χ3v) is 3.34. The van der Waals surface area contributed by atoms with E-state index in [9.17, 15) is 9.59 Å². The van der Waals surface area contributed by atoms with Crippen LogP contribution in [0.15, 0.2) is 54.6 Å². The first-order chi connectivity index (χ1) is 11.7. The first-order valence-electron chi connectivity index (χ1n) is 7.29. The van der Waals surface area contributed by atoms with E-state index in [1.165, 1.54) is 0 Å². The van der Waals surface area contributed by atoms with Gasteiger partial charge in [-0.25, -0.2) is 0 Å². The zero-order valence-corrected chi connectivity index (χ0v) is 12.7. The molecule has 0 saturated heterocycles. The third kappa shape index (κ3) is 3.89. The molecule has 24 heavy (non-hydrogen) atoms. The molecule has 0 aliphatic rings. The third-order valence-electron chi connectivity index (χ3n) is 3.34. The monoisotopic (exact) mass is 322 g/mol. The minimum absolute atomic E-state index is 0.0915. The summed E-state index contributed by atoms with van der Waals surface area (Å²) in [5.74, 6) is -0.219. The first-order valence-corrected chi connectivity index (χ1v) is 7.29. The molecule has 1 aromatic heterocycles. The van der Waals surface area contributed by atoms with E-state index in [0.29, 0.717) is 17.9 Å². The summed E-state index contributed by atoms with van der Waals surface area (Å²) in [5.41, 5.74) is 1.49. The minimum atomic E-state index is -0.474. The summed E-state index contributed by atoms with van der Waals surface area (Å²) in [7, 11) is 0. The number of nitrogens with one attached hydrogen (secondary N) is 1. The zero-order chi connectivity index (χ0) is 16.8. The number of aromatic nitrogens is 4. The van der Waals surface area contributed by atoms with Crippen molar-refractivity contribution < 1.29 is 14.3 Å². The summed E-state index contributed by atoms with van der Waals surface area (Å²) in [6.07, 6.45) is -0.302. The van der Waals surface area contributed by atoms with Crippen LogP contribution >= 0.6 is 0 Å². The predicted molar refractivity (Wildman–Crippen MR) is 84.7 cm³/mol. The molecule has 0 atom stereocenters. The van der Waals surface area contributed by atoms with Gasteiger partial charge in [-0.15, -0.1) is 10.2 Å². The molecule has 3 rings (SSSR count). The molecule has 0 bridgehead atoms. The normalized spacial score (nSPS) is 10.3. The Labute approximate surface area is 137 Å². The number of benzene rings is 2. The van der Waals surface area contributed by atoms with Crippen LogP contribution in [-0.4, -0.2) is 32.2 Å². The van der Waals surface area contributed by atoms with E-state index in [-0.39, 0.29) is 18.0 Å². The summed E-state index contributed by atoms with van der Waals surface area (Å²) in [6.45, 7) is 0.449. The van der Waals surface area contributed by atoms with Crippen LogP contribution in [0.1, 0.15) is 33.0 Å². The number of ether oxygens (including phenoxy) is 1. The maximum Gasteiger partial charge on any atom is 0.240 e. The highest BCUT2D eigenvalue weighted by molar-refractivity contribution is 6.12. The van der Waals surface area contributed by atoms with Gasteiger partial charge < -0.3 is 4.74 Å². The van der Waals surface area contributed by atoms with E-state index in [1.54, 1.807) is 24.3 Å². The smallest absolute Gasteiger partial charge is 0.240 e. The summed E-state index contributed by atoms with van der Waals surface area (Å²) in [6, 6.07) is 16.5. The van der Waals surface area contributed by atoms with Crippen molar-refractivity contribution in [2.75, 3.05) is 0 Å². The number of carbonyl (C=O) groups excluding carboxylic acids is 2. The van der Waals surface area contributed by atoms with E-state index >= 15 is 0 Å². The highest BCUT2D eigenvalue weighted by Crippen LogP contribution is 2.15. The molecule has 0 unspecified atom stereocenters. The van der Waals surface area contributed by atoms with Gasteiger partial charge in [-0.05, 0) is 35.0 Å². The van der Waals surface area contributed by atoms with Gasteiger partial charge in [-0.2, -0.15) is 5.21 Å². The van der Waals surface area contributed by atoms with Crippen molar-refractivity contribution in [1.82, 2.24) is 20.6 Å². The summed E-state index contributed by atoms with van der Waals surface area (Å²) >= 11 is 0. The number of carbonyl (C=O) groups is 2. The molecular formula is C17H14N4O3. The van der Waals surface area contributed by atoms with Crippen LogP contribution < -0.4 is 4.74 Å². The summed E-state index contributed by atoms with van der Waals surface area (Å²) in [4.78, 5) is 23.9. The lowest BCUT2D eigenvalue weighted by Crippen LogP contribution is -2.10. The van der Waals surface area contributed by atoms with Crippen molar-refractivity contribution in [3.63, 3.8) is 0 Å². The average Bonchev–Trinajstić information content (AvgIpc) is 3.16. The Morgan fingerprint density at radius 2 is 1.71 bits per heavy atom. The van der Waals surface area contributed by atoms with Crippen molar-refractivity contribution in [1.29, 1.82) is 0 Å². The fraction of sp³-hybridized carbons (Fsp3) is 0.118. The van der Waals surface area contributed by atoms with Gasteiger partial charge in [0.2, 0.25) is 11.6 Å². The molecule has 0 amide bonds. The van der Waals surface area contributed by atoms with Gasteiger partial charge in [0.1, 0.15) is 12.4 Å². The second kappa shape index (κ2) is 7.28. The van der Waals surface area contributed by atoms with Crippen molar-refractivity contribution in [2.24, 2.45) is 0 Å². The number of aromatic amines is 1. The van der Waals surface area contributed by atoms with Crippen molar-refractivity contribution in [2.45, 2.75) is 13.0 Å². The Balaban J connectivity index is 1.57. The molecule has 120 valence electrons. The maximum absolute atomic E-state index is 12.1. The number of hydrogen-bond donors (Lipinski definition) is 1. The Kier molecular flexibility index (Phi) is 4.71. The molecule has 0 aliphatic heterocycles. The molecule has 0 aliphatic carbocycles. The summed E-state index contributed by atoms with van der Waals surface area (Å²) < 4.78 is 5.66. The van der Waals surface area contributed by atoms with Crippen LogP contribution in [0.5, 0.6) is 5.75 Å². The largest absolute Gasteiger partial charge is 0.489 e. The van der Waals surface area contributed by atoms with Gasteiger partial charge in [0, 0.05) is 5.56 Å². The van der Waals surface area contributed by atoms with Crippen LogP contribution in [0, 0.1) is 0 Å². The molecular weight excluding hydrogens is 308 g/mol. The van der Waals surface area contributed by atoms with Crippen molar-refractivity contribution >= 4 is 11.6 Å². The molecule has 2 aromatic carbocycles. The summed E-state index contributed by atoms with van der Waals surface area (Å²) in [5, 5.41) is 12.6. The Morgan fingerprint density at radius 3 is 2.38 bits per heavy atom.